The van der Waals surface area contributed by atoms with Crippen molar-refractivity contribution in [3.05, 3.63) is 53.3 Å². The van der Waals surface area contributed by atoms with Crippen molar-refractivity contribution in [2.45, 2.75) is 6.18 Å². The van der Waals surface area contributed by atoms with Gasteiger partial charge in [0.25, 0.3) is 0 Å². The standard InChI is InChI=1S/C13H8F6N2/c14-8-4-10(16)12(5-9(8)15)21-11-2-1-6(20)3-7(11)13(17,18)19/h1-5,21H,20H2. The minimum absolute atomic E-state index is 0.140. The van der Waals surface area contributed by atoms with E-state index >= 15 is 0 Å². The minimum Gasteiger partial charge on any atom is -0.399 e. The van der Waals surface area contributed by atoms with E-state index in [-0.39, 0.29) is 11.8 Å². The van der Waals surface area contributed by atoms with Crippen molar-refractivity contribution in [1.29, 1.82) is 0 Å². The van der Waals surface area contributed by atoms with Gasteiger partial charge >= 0.3 is 6.18 Å². The fourth-order valence-corrected chi connectivity index (χ4v) is 1.67. The van der Waals surface area contributed by atoms with Crippen LogP contribution in [0.15, 0.2) is 30.3 Å². The number of alkyl halides is 3. The van der Waals surface area contributed by atoms with Crippen molar-refractivity contribution in [2.75, 3.05) is 11.1 Å². The highest BCUT2D eigenvalue weighted by Gasteiger charge is 2.34. The minimum atomic E-state index is -4.74. The Morgan fingerprint density at radius 1 is 0.810 bits per heavy atom. The average molecular weight is 306 g/mol. The number of nitrogens with one attached hydrogen (secondary N) is 1. The molecule has 8 heteroatoms. The molecule has 2 aromatic rings. The summed E-state index contributed by atoms with van der Waals surface area (Å²) in [5.74, 6) is -4.05. The first-order valence-corrected chi connectivity index (χ1v) is 5.57. The Hall–Kier alpha value is -2.38. The summed E-state index contributed by atoms with van der Waals surface area (Å²) >= 11 is 0. The molecule has 0 aliphatic heterocycles. The third-order valence-corrected chi connectivity index (χ3v) is 2.63. The fraction of sp³-hybridized carbons (Fsp3) is 0.0769. The van der Waals surface area contributed by atoms with Gasteiger partial charge in [-0.3, -0.25) is 0 Å². The van der Waals surface area contributed by atoms with Crippen LogP contribution in [0.5, 0.6) is 0 Å². The second kappa shape index (κ2) is 5.19. The molecule has 0 heterocycles. The van der Waals surface area contributed by atoms with Gasteiger partial charge in [0.1, 0.15) is 5.82 Å². The van der Waals surface area contributed by atoms with Gasteiger partial charge in [-0.1, -0.05) is 0 Å². The number of hydrogen-bond acceptors (Lipinski definition) is 2. The molecule has 0 radical (unpaired) electrons. The van der Waals surface area contributed by atoms with Gasteiger partial charge in [0.05, 0.1) is 16.9 Å². The second-order valence-electron chi connectivity index (χ2n) is 4.17. The number of benzene rings is 2. The summed E-state index contributed by atoms with van der Waals surface area (Å²) in [5, 5.41) is 2.09. The molecule has 0 bridgehead atoms. The molecule has 0 aliphatic carbocycles. The largest absolute Gasteiger partial charge is 0.418 e. The highest BCUT2D eigenvalue weighted by Crippen LogP contribution is 2.37. The number of hydrogen-bond donors (Lipinski definition) is 2. The molecular weight excluding hydrogens is 298 g/mol. The van der Waals surface area contributed by atoms with Gasteiger partial charge < -0.3 is 11.1 Å². The van der Waals surface area contributed by atoms with E-state index in [0.29, 0.717) is 12.1 Å². The fourth-order valence-electron chi connectivity index (χ4n) is 1.67. The van der Waals surface area contributed by atoms with Crippen LogP contribution in [0, 0.1) is 17.5 Å². The van der Waals surface area contributed by atoms with Crippen molar-refractivity contribution in [2.24, 2.45) is 0 Å². The number of nitrogen functional groups attached to an aromatic ring is 1. The van der Waals surface area contributed by atoms with Crippen LogP contribution in [0.1, 0.15) is 5.56 Å². The van der Waals surface area contributed by atoms with E-state index < -0.39 is 40.6 Å². The molecule has 0 aromatic heterocycles. The molecule has 0 aliphatic rings. The summed E-state index contributed by atoms with van der Waals surface area (Å²) in [7, 11) is 0. The number of nitrogens with two attached hydrogens (primary N) is 1. The van der Waals surface area contributed by atoms with Crippen LogP contribution < -0.4 is 11.1 Å². The molecule has 21 heavy (non-hydrogen) atoms. The zero-order valence-corrected chi connectivity index (χ0v) is 10.2. The van der Waals surface area contributed by atoms with E-state index in [9.17, 15) is 26.3 Å². The predicted octanol–water partition coefficient (Wildman–Crippen LogP) is 4.45. The van der Waals surface area contributed by atoms with Crippen molar-refractivity contribution >= 4 is 17.1 Å². The van der Waals surface area contributed by atoms with Crippen LogP contribution in [0.3, 0.4) is 0 Å². The Bertz CT molecular complexity index is 681. The summed E-state index contributed by atoms with van der Waals surface area (Å²) in [6.45, 7) is 0. The second-order valence-corrected chi connectivity index (χ2v) is 4.17. The van der Waals surface area contributed by atoms with E-state index in [1.54, 1.807) is 0 Å². The van der Waals surface area contributed by atoms with E-state index in [1.807, 2.05) is 0 Å². The van der Waals surface area contributed by atoms with Gasteiger partial charge in [-0.25, -0.2) is 13.2 Å². The van der Waals surface area contributed by atoms with E-state index in [4.69, 9.17) is 5.73 Å². The Kier molecular flexibility index (Phi) is 3.71. The van der Waals surface area contributed by atoms with Crippen LogP contribution in [0.25, 0.3) is 0 Å². The maximum Gasteiger partial charge on any atom is 0.418 e. The maximum absolute atomic E-state index is 13.4. The Balaban J connectivity index is 2.47. The molecule has 2 rings (SSSR count). The number of halogens is 6. The lowest BCUT2D eigenvalue weighted by atomic mass is 10.1. The van der Waals surface area contributed by atoms with Gasteiger partial charge in [0.2, 0.25) is 0 Å². The zero-order valence-electron chi connectivity index (χ0n) is 10.2. The first-order chi connectivity index (χ1) is 9.68. The third kappa shape index (κ3) is 3.21. The molecule has 3 N–H and O–H groups in total. The van der Waals surface area contributed by atoms with E-state index in [2.05, 4.69) is 5.32 Å². The summed E-state index contributed by atoms with van der Waals surface area (Å²) in [6.07, 6.45) is -4.74. The molecule has 0 saturated heterocycles. The van der Waals surface area contributed by atoms with Crippen LogP contribution in [-0.4, -0.2) is 0 Å². The first-order valence-electron chi connectivity index (χ1n) is 5.57. The van der Waals surface area contributed by atoms with Gasteiger partial charge in [-0.05, 0) is 18.2 Å². The maximum atomic E-state index is 13.4. The van der Waals surface area contributed by atoms with Crippen molar-refractivity contribution in [3.8, 4) is 0 Å². The SMILES string of the molecule is Nc1ccc(Nc2cc(F)c(F)cc2F)c(C(F)(F)F)c1. The van der Waals surface area contributed by atoms with Crippen molar-refractivity contribution in [1.82, 2.24) is 0 Å². The average Bonchev–Trinajstić information content (AvgIpc) is 2.36. The van der Waals surface area contributed by atoms with E-state index in [1.165, 1.54) is 0 Å². The Labute approximate surface area is 115 Å². The lowest BCUT2D eigenvalue weighted by Crippen LogP contribution is -2.10. The molecule has 0 fully saturated rings. The lowest BCUT2D eigenvalue weighted by Gasteiger charge is -2.15. The molecule has 0 spiro atoms. The summed E-state index contributed by atoms with van der Waals surface area (Å²) in [6, 6.07) is 3.46. The van der Waals surface area contributed by atoms with Crippen LogP contribution >= 0.6 is 0 Å². The summed E-state index contributed by atoms with van der Waals surface area (Å²) in [4.78, 5) is 0. The summed E-state index contributed by atoms with van der Waals surface area (Å²) in [5.41, 5.74) is 2.85. The van der Waals surface area contributed by atoms with Crippen molar-refractivity contribution in [3.63, 3.8) is 0 Å². The normalized spacial score (nSPS) is 11.5. The van der Waals surface area contributed by atoms with Crippen LogP contribution in [0.4, 0.5) is 43.4 Å². The van der Waals surface area contributed by atoms with Gasteiger partial charge in [-0.15, -0.1) is 0 Å². The van der Waals surface area contributed by atoms with Gasteiger partial charge in [0, 0.05) is 17.8 Å². The van der Waals surface area contributed by atoms with Crippen LogP contribution in [-0.2, 0) is 6.18 Å². The Morgan fingerprint density at radius 2 is 1.43 bits per heavy atom. The number of anilines is 3. The van der Waals surface area contributed by atoms with Gasteiger partial charge in [-0.2, -0.15) is 13.2 Å². The molecule has 2 aromatic carbocycles. The topological polar surface area (TPSA) is 38.0 Å². The molecule has 112 valence electrons. The molecule has 2 nitrogen and oxygen atoms in total. The van der Waals surface area contributed by atoms with Gasteiger partial charge in [0.15, 0.2) is 11.6 Å². The highest BCUT2D eigenvalue weighted by atomic mass is 19.4. The first kappa shape index (κ1) is 15.0. The smallest absolute Gasteiger partial charge is 0.399 e. The molecule has 0 amide bonds. The Morgan fingerprint density at radius 3 is 2.05 bits per heavy atom. The molecule has 0 saturated carbocycles. The number of rotatable bonds is 2. The summed E-state index contributed by atoms with van der Waals surface area (Å²) < 4.78 is 77.8. The monoisotopic (exact) mass is 306 g/mol. The van der Waals surface area contributed by atoms with Crippen LogP contribution in [0.2, 0.25) is 0 Å². The zero-order chi connectivity index (χ0) is 15.8. The molecular formula is C13H8F6N2. The highest BCUT2D eigenvalue weighted by molar-refractivity contribution is 5.67. The van der Waals surface area contributed by atoms with Crippen molar-refractivity contribution < 1.29 is 26.3 Å². The molecule has 0 atom stereocenters. The lowest BCUT2D eigenvalue weighted by molar-refractivity contribution is -0.136. The molecule has 0 unspecified atom stereocenters. The van der Waals surface area contributed by atoms with E-state index in [0.717, 1.165) is 12.1 Å². The quantitative estimate of drug-likeness (QED) is 0.489. The predicted molar refractivity (Wildman–Crippen MR) is 65.5 cm³/mol. The third-order valence-electron chi connectivity index (χ3n) is 2.63.